The number of fused-ring (bicyclic) bond motifs is 1. The molecule has 2 aromatic rings. The van der Waals surface area contributed by atoms with Gasteiger partial charge in [0.1, 0.15) is 5.75 Å². The molecule has 2 heterocycles. The zero-order valence-corrected chi connectivity index (χ0v) is 17.1. The lowest BCUT2D eigenvalue weighted by Crippen LogP contribution is -2.35. The van der Waals surface area contributed by atoms with Gasteiger partial charge in [-0.05, 0) is 47.7 Å². The lowest BCUT2D eigenvalue weighted by atomic mass is 9.92. The van der Waals surface area contributed by atoms with Crippen LogP contribution in [0.25, 0.3) is 0 Å². The molecule has 29 heavy (non-hydrogen) atoms. The lowest BCUT2D eigenvalue weighted by molar-refractivity contribution is -0.120. The van der Waals surface area contributed by atoms with Crippen LogP contribution in [0.3, 0.4) is 0 Å². The zero-order valence-electron chi connectivity index (χ0n) is 16.2. The fourth-order valence-electron chi connectivity index (χ4n) is 3.86. The molecule has 4 rings (SSSR count). The molecule has 1 fully saturated rings. The van der Waals surface area contributed by atoms with Gasteiger partial charge in [-0.2, -0.15) is 0 Å². The average molecular weight is 410 g/mol. The fraction of sp³-hybridized carbons (Fsp3) is 0.273. The van der Waals surface area contributed by atoms with Crippen LogP contribution < -0.4 is 20.7 Å². The van der Waals surface area contributed by atoms with Crippen molar-refractivity contribution in [2.45, 2.75) is 31.1 Å². The Morgan fingerprint density at radius 3 is 2.62 bits per heavy atom. The molecule has 2 aromatic carbocycles. The Bertz CT molecular complexity index is 988. The van der Waals surface area contributed by atoms with Crippen LogP contribution in [0.5, 0.6) is 5.75 Å². The van der Waals surface area contributed by atoms with E-state index in [0.29, 0.717) is 42.3 Å². The zero-order chi connectivity index (χ0) is 20.5. The molecule has 2 amide bonds. The number of ether oxygens (including phenoxy) is 1. The predicted molar refractivity (Wildman–Crippen MR) is 116 cm³/mol. The quantitative estimate of drug-likeness (QED) is 0.742. The van der Waals surface area contributed by atoms with Crippen molar-refractivity contribution in [1.29, 1.82) is 0 Å². The summed E-state index contributed by atoms with van der Waals surface area (Å²) in [5.41, 5.74) is 10.4. The summed E-state index contributed by atoms with van der Waals surface area (Å²) in [6, 6.07) is 11.4. The van der Waals surface area contributed by atoms with Gasteiger partial charge in [0.05, 0.1) is 29.6 Å². The molecule has 2 aliphatic rings. The van der Waals surface area contributed by atoms with Gasteiger partial charge in [0, 0.05) is 12.1 Å². The number of hydrogen-bond acceptors (Lipinski definition) is 5. The highest BCUT2D eigenvalue weighted by atomic mass is 32.2. The van der Waals surface area contributed by atoms with Crippen molar-refractivity contribution in [2.75, 3.05) is 17.7 Å². The van der Waals surface area contributed by atoms with E-state index in [1.807, 2.05) is 36.4 Å². The van der Waals surface area contributed by atoms with Gasteiger partial charge >= 0.3 is 0 Å². The molecule has 0 radical (unpaired) electrons. The maximum absolute atomic E-state index is 12.8. The summed E-state index contributed by atoms with van der Waals surface area (Å²) >= 11 is 1.46. The van der Waals surface area contributed by atoms with Crippen LogP contribution in [-0.2, 0) is 29.0 Å². The molecule has 0 spiro atoms. The molecule has 0 aromatic heterocycles. The molecule has 0 saturated carbocycles. The first kappa shape index (κ1) is 19.4. The third-order valence-electron chi connectivity index (χ3n) is 5.29. The third kappa shape index (κ3) is 3.82. The van der Waals surface area contributed by atoms with Gasteiger partial charge in [-0.25, -0.2) is 0 Å². The lowest BCUT2D eigenvalue weighted by Gasteiger charge is -2.32. The minimum Gasteiger partial charge on any atom is -0.495 e. The Balaban J connectivity index is 1.71. The van der Waals surface area contributed by atoms with Crippen LogP contribution in [0.1, 0.15) is 23.1 Å². The summed E-state index contributed by atoms with van der Waals surface area (Å²) in [6.07, 6.45) is 1.66. The molecule has 0 bridgehead atoms. The highest BCUT2D eigenvalue weighted by Crippen LogP contribution is 2.41. The van der Waals surface area contributed by atoms with E-state index in [0.717, 1.165) is 22.4 Å². The summed E-state index contributed by atoms with van der Waals surface area (Å²) in [7, 11) is 1.61. The second kappa shape index (κ2) is 7.83. The number of methoxy groups -OCH3 is 1. The predicted octanol–water partition coefficient (Wildman–Crippen LogP) is 3.00. The number of anilines is 2. The van der Waals surface area contributed by atoms with E-state index in [1.54, 1.807) is 12.0 Å². The Morgan fingerprint density at radius 2 is 1.97 bits per heavy atom. The first-order chi connectivity index (χ1) is 14.0. The van der Waals surface area contributed by atoms with E-state index in [9.17, 15) is 9.59 Å². The molecule has 1 atom stereocenters. The van der Waals surface area contributed by atoms with Gasteiger partial charge in [-0.1, -0.05) is 36.5 Å². The largest absolute Gasteiger partial charge is 0.495 e. The van der Waals surface area contributed by atoms with E-state index in [-0.39, 0.29) is 17.1 Å². The molecular formula is C22H23N3O3S. The first-order valence-corrected chi connectivity index (χ1v) is 10.3. The van der Waals surface area contributed by atoms with Crippen LogP contribution in [0.15, 0.2) is 48.0 Å². The summed E-state index contributed by atoms with van der Waals surface area (Å²) in [5, 5.41) is 3.25. The SMILES string of the molecule is C=C1NC(=O)C(Cc2ccc(OC)c3c2CCC(=O)N3Cc2ccc(N)cc2)S1. The van der Waals surface area contributed by atoms with Crippen molar-refractivity contribution in [3.8, 4) is 5.75 Å². The fourth-order valence-corrected chi connectivity index (χ4v) is 4.79. The number of nitrogens with zero attached hydrogens (tertiary/aromatic N) is 1. The van der Waals surface area contributed by atoms with Crippen LogP contribution in [0.2, 0.25) is 0 Å². The Morgan fingerprint density at radius 1 is 1.21 bits per heavy atom. The number of thioether (sulfide) groups is 1. The Labute approximate surface area is 174 Å². The van der Waals surface area contributed by atoms with Crippen LogP contribution in [0.4, 0.5) is 11.4 Å². The third-order valence-corrected chi connectivity index (χ3v) is 6.34. The topological polar surface area (TPSA) is 84.7 Å². The number of hydrogen-bond donors (Lipinski definition) is 2. The van der Waals surface area contributed by atoms with Crippen LogP contribution >= 0.6 is 11.8 Å². The van der Waals surface area contributed by atoms with Crippen molar-refractivity contribution in [3.63, 3.8) is 0 Å². The van der Waals surface area contributed by atoms with Crippen molar-refractivity contribution in [2.24, 2.45) is 0 Å². The molecule has 1 unspecified atom stereocenters. The van der Waals surface area contributed by atoms with E-state index in [4.69, 9.17) is 10.5 Å². The Hall–Kier alpha value is -2.93. The van der Waals surface area contributed by atoms with Gasteiger partial charge < -0.3 is 20.7 Å². The van der Waals surface area contributed by atoms with Gasteiger partial charge in [0.2, 0.25) is 11.8 Å². The minimum atomic E-state index is -0.205. The van der Waals surface area contributed by atoms with Gasteiger partial charge in [0.25, 0.3) is 0 Å². The molecule has 1 saturated heterocycles. The summed E-state index contributed by atoms with van der Waals surface area (Å²) in [5.74, 6) is 0.710. The molecule has 2 aliphatic heterocycles. The second-order valence-electron chi connectivity index (χ2n) is 7.20. The highest BCUT2D eigenvalue weighted by molar-refractivity contribution is 8.04. The molecule has 6 nitrogen and oxygen atoms in total. The minimum absolute atomic E-state index is 0.0183. The maximum atomic E-state index is 12.8. The standard InChI is InChI=1S/C22H23N3O3S/c1-13-24-22(27)19(29-13)11-15-5-9-18(28-2)21-17(15)8-10-20(26)25(21)12-14-3-6-16(23)7-4-14/h3-7,9,19H,1,8,10-12,23H2,2H3,(H,24,27). The molecular weight excluding hydrogens is 386 g/mol. The molecule has 150 valence electrons. The Kier molecular flexibility index (Phi) is 5.24. The number of nitrogen functional groups attached to an aromatic ring is 1. The van der Waals surface area contributed by atoms with Crippen LogP contribution in [0, 0.1) is 0 Å². The van der Waals surface area contributed by atoms with E-state index < -0.39 is 0 Å². The number of carbonyl (C=O) groups is 2. The number of rotatable bonds is 5. The number of carbonyl (C=O) groups excluding carboxylic acids is 2. The summed E-state index contributed by atoms with van der Waals surface area (Å²) in [4.78, 5) is 26.8. The van der Waals surface area contributed by atoms with Gasteiger partial charge in [-0.15, -0.1) is 0 Å². The normalized spacial score (nSPS) is 18.6. The smallest absolute Gasteiger partial charge is 0.238 e. The van der Waals surface area contributed by atoms with E-state index in [2.05, 4.69) is 11.9 Å². The van der Waals surface area contributed by atoms with E-state index in [1.165, 1.54) is 11.8 Å². The number of nitrogens with two attached hydrogens (primary N) is 1. The number of amides is 2. The van der Waals surface area contributed by atoms with Gasteiger partial charge in [0.15, 0.2) is 0 Å². The first-order valence-electron chi connectivity index (χ1n) is 9.46. The number of nitrogens with one attached hydrogen (secondary N) is 1. The van der Waals surface area contributed by atoms with Crippen LogP contribution in [-0.4, -0.2) is 24.2 Å². The number of benzene rings is 2. The van der Waals surface area contributed by atoms with Crippen molar-refractivity contribution < 1.29 is 14.3 Å². The van der Waals surface area contributed by atoms with Crippen molar-refractivity contribution in [1.82, 2.24) is 5.32 Å². The summed E-state index contributed by atoms with van der Waals surface area (Å²) in [6.45, 7) is 4.28. The maximum Gasteiger partial charge on any atom is 0.238 e. The van der Waals surface area contributed by atoms with E-state index >= 15 is 0 Å². The molecule has 3 N–H and O–H groups in total. The van der Waals surface area contributed by atoms with Gasteiger partial charge in [-0.3, -0.25) is 9.59 Å². The van der Waals surface area contributed by atoms with Crippen molar-refractivity contribution >= 4 is 35.0 Å². The van der Waals surface area contributed by atoms with Crippen molar-refractivity contribution in [3.05, 3.63) is 64.7 Å². The summed E-state index contributed by atoms with van der Waals surface area (Å²) < 4.78 is 5.60. The molecule has 7 heteroatoms. The monoisotopic (exact) mass is 409 g/mol. The highest BCUT2D eigenvalue weighted by Gasteiger charge is 2.33. The average Bonchev–Trinajstić information content (AvgIpc) is 3.02. The molecule has 0 aliphatic carbocycles. The second-order valence-corrected chi connectivity index (χ2v) is 8.50.